The highest BCUT2D eigenvalue weighted by Crippen LogP contribution is 2.31. The molecule has 2 heterocycles. The Morgan fingerprint density at radius 2 is 2.11 bits per heavy atom. The van der Waals surface area contributed by atoms with Crippen molar-refractivity contribution in [1.82, 2.24) is 4.90 Å². The molecule has 0 saturated carbocycles. The van der Waals surface area contributed by atoms with Crippen LogP contribution in [0.15, 0.2) is 24.3 Å². The highest BCUT2D eigenvalue weighted by Gasteiger charge is 2.29. The Kier molecular flexibility index (Phi) is 3.39. The standard InChI is InChI=1S/C14H19NO3/c16-9-11-4-3-7-15(11)8-12-10-17-13-5-1-2-6-14(13)18-12/h1-2,5-6,11-12,16H,3-4,7-10H2. The van der Waals surface area contributed by atoms with Crippen LogP contribution in [0, 0.1) is 0 Å². The molecule has 1 N–H and O–H groups in total. The molecule has 1 aromatic rings. The third kappa shape index (κ3) is 2.31. The fourth-order valence-electron chi connectivity index (χ4n) is 2.76. The molecule has 2 unspecified atom stereocenters. The van der Waals surface area contributed by atoms with Crippen LogP contribution < -0.4 is 9.47 Å². The largest absolute Gasteiger partial charge is 0.486 e. The molecule has 4 nitrogen and oxygen atoms in total. The number of benzene rings is 1. The fourth-order valence-corrected chi connectivity index (χ4v) is 2.76. The molecule has 0 aliphatic carbocycles. The van der Waals surface area contributed by atoms with Gasteiger partial charge >= 0.3 is 0 Å². The molecule has 3 rings (SSSR count). The summed E-state index contributed by atoms with van der Waals surface area (Å²) in [6.07, 6.45) is 2.31. The molecule has 0 spiro atoms. The molecule has 2 atom stereocenters. The molecule has 0 aromatic heterocycles. The van der Waals surface area contributed by atoms with E-state index in [0.29, 0.717) is 12.6 Å². The van der Waals surface area contributed by atoms with Gasteiger partial charge in [-0.2, -0.15) is 0 Å². The van der Waals surface area contributed by atoms with Gasteiger partial charge in [0, 0.05) is 12.6 Å². The van der Waals surface area contributed by atoms with Gasteiger partial charge in [-0.15, -0.1) is 0 Å². The molecule has 0 amide bonds. The van der Waals surface area contributed by atoms with Gasteiger partial charge in [0.05, 0.1) is 6.61 Å². The second kappa shape index (κ2) is 5.16. The Labute approximate surface area is 107 Å². The van der Waals surface area contributed by atoms with E-state index in [1.165, 1.54) is 0 Å². The first-order valence-corrected chi connectivity index (χ1v) is 6.60. The molecule has 98 valence electrons. The Bertz CT molecular complexity index is 410. The number of rotatable bonds is 3. The van der Waals surface area contributed by atoms with Crippen LogP contribution in [0.5, 0.6) is 11.5 Å². The fraction of sp³-hybridized carbons (Fsp3) is 0.571. The maximum Gasteiger partial charge on any atom is 0.161 e. The zero-order chi connectivity index (χ0) is 12.4. The number of nitrogens with zero attached hydrogens (tertiary/aromatic N) is 1. The van der Waals surface area contributed by atoms with E-state index in [4.69, 9.17) is 9.47 Å². The molecule has 0 radical (unpaired) electrons. The summed E-state index contributed by atoms with van der Waals surface area (Å²) in [6, 6.07) is 8.07. The van der Waals surface area contributed by atoms with E-state index in [9.17, 15) is 5.11 Å². The molecular weight excluding hydrogens is 230 g/mol. The van der Waals surface area contributed by atoms with Crippen LogP contribution in [0.2, 0.25) is 0 Å². The van der Waals surface area contributed by atoms with Crippen molar-refractivity contribution >= 4 is 0 Å². The second-order valence-electron chi connectivity index (χ2n) is 4.97. The molecule has 18 heavy (non-hydrogen) atoms. The first kappa shape index (κ1) is 11.8. The third-order valence-electron chi connectivity index (χ3n) is 3.72. The van der Waals surface area contributed by atoms with Crippen molar-refractivity contribution in [2.24, 2.45) is 0 Å². The van der Waals surface area contributed by atoms with Gasteiger partial charge in [0.2, 0.25) is 0 Å². The minimum Gasteiger partial charge on any atom is -0.486 e. The van der Waals surface area contributed by atoms with Gasteiger partial charge in [-0.3, -0.25) is 4.90 Å². The highest BCUT2D eigenvalue weighted by atomic mass is 16.6. The van der Waals surface area contributed by atoms with Gasteiger partial charge in [-0.05, 0) is 31.5 Å². The van der Waals surface area contributed by atoms with E-state index in [2.05, 4.69) is 4.90 Å². The summed E-state index contributed by atoms with van der Waals surface area (Å²) in [5.74, 6) is 1.65. The molecular formula is C14H19NO3. The Morgan fingerprint density at radius 3 is 2.94 bits per heavy atom. The van der Waals surface area contributed by atoms with Crippen molar-refractivity contribution in [2.75, 3.05) is 26.3 Å². The zero-order valence-electron chi connectivity index (χ0n) is 10.4. The molecule has 1 aromatic carbocycles. The summed E-state index contributed by atoms with van der Waals surface area (Å²) in [5, 5.41) is 9.31. The average molecular weight is 249 g/mol. The summed E-state index contributed by atoms with van der Waals surface area (Å²) in [6.45, 7) is 2.71. The molecule has 0 bridgehead atoms. The van der Waals surface area contributed by atoms with Gasteiger partial charge in [-0.25, -0.2) is 0 Å². The molecule has 1 fully saturated rings. The first-order valence-electron chi connectivity index (χ1n) is 6.60. The van der Waals surface area contributed by atoms with E-state index in [-0.39, 0.29) is 12.7 Å². The van der Waals surface area contributed by atoms with Crippen molar-refractivity contribution in [1.29, 1.82) is 0 Å². The van der Waals surface area contributed by atoms with E-state index in [1.54, 1.807) is 0 Å². The van der Waals surface area contributed by atoms with Crippen LogP contribution in [0.3, 0.4) is 0 Å². The number of aliphatic hydroxyl groups excluding tert-OH is 1. The SMILES string of the molecule is OCC1CCCN1CC1COc2ccccc2O1. The summed E-state index contributed by atoms with van der Waals surface area (Å²) in [7, 11) is 0. The first-order chi connectivity index (χ1) is 8.86. The van der Waals surface area contributed by atoms with Crippen LogP contribution in [-0.2, 0) is 0 Å². The van der Waals surface area contributed by atoms with Crippen molar-refractivity contribution in [3.63, 3.8) is 0 Å². The van der Waals surface area contributed by atoms with Gasteiger partial charge < -0.3 is 14.6 Å². The zero-order valence-corrected chi connectivity index (χ0v) is 10.4. The van der Waals surface area contributed by atoms with E-state index in [1.807, 2.05) is 24.3 Å². The maximum atomic E-state index is 9.31. The lowest BCUT2D eigenvalue weighted by Gasteiger charge is -2.31. The molecule has 4 heteroatoms. The third-order valence-corrected chi connectivity index (χ3v) is 3.72. The summed E-state index contributed by atoms with van der Waals surface area (Å²) < 4.78 is 11.6. The number of para-hydroxylation sites is 2. The van der Waals surface area contributed by atoms with Gasteiger partial charge in [0.25, 0.3) is 0 Å². The normalized spacial score (nSPS) is 27.4. The smallest absolute Gasteiger partial charge is 0.161 e. The van der Waals surface area contributed by atoms with Crippen LogP contribution in [-0.4, -0.2) is 48.5 Å². The minimum atomic E-state index is 0.0621. The summed E-state index contributed by atoms with van der Waals surface area (Å²) in [5.41, 5.74) is 0. The Morgan fingerprint density at radius 1 is 1.28 bits per heavy atom. The van der Waals surface area contributed by atoms with Crippen LogP contribution in [0.4, 0.5) is 0 Å². The van der Waals surface area contributed by atoms with Crippen LogP contribution in [0.1, 0.15) is 12.8 Å². The number of hydrogen-bond acceptors (Lipinski definition) is 4. The average Bonchev–Trinajstić information content (AvgIpc) is 2.86. The van der Waals surface area contributed by atoms with E-state index < -0.39 is 0 Å². The van der Waals surface area contributed by atoms with Gasteiger partial charge in [0.15, 0.2) is 11.5 Å². The Balaban J connectivity index is 1.62. The van der Waals surface area contributed by atoms with Crippen LogP contribution >= 0.6 is 0 Å². The van der Waals surface area contributed by atoms with Gasteiger partial charge in [0.1, 0.15) is 12.7 Å². The Hall–Kier alpha value is -1.26. The highest BCUT2D eigenvalue weighted by molar-refractivity contribution is 5.40. The number of fused-ring (bicyclic) bond motifs is 1. The van der Waals surface area contributed by atoms with Gasteiger partial charge in [-0.1, -0.05) is 12.1 Å². The quantitative estimate of drug-likeness (QED) is 0.876. The van der Waals surface area contributed by atoms with Crippen molar-refractivity contribution < 1.29 is 14.6 Å². The lowest BCUT2D eigenvalue weighted by Crippen LogP contribution is -2.43. The molecule has 1 saturated heterocycles. The number of ether oxygens (including phenoxy) is 2. The number of aliphatic hydroxyl groups is 1. The maximum absolute atomic E-state index is 9.31. The lowest BCUT2D eigenvalue weighted by atomic mass is 10.2. The van der Waals surface area contributed by atoms with Crippen molar-refractivity contribution in [2.45, 2.75) is 25.0 Å². The van der Waals surface area contributed by atoms with E-state index in [0.717, 1.165) is 37.4 Å². The monoisotopic (exact) mass is 249 g/mol. The van der Waals surface area contributed by atoms with Crippen molar-refractivity contribution in [3.8, 4) is 11.5 Å². The lowest BCUT2D eigenvalue weighted by molar-refractivity contribution is 0.0463. The predicted octanol–water partition coefficient (Wildman–Crippen LogP) is 1.28. The molecule has 2 aliphatic heterocycles. The summed E-state index contributed by atoms with van der Waals surface area (Å²) >= 11 is 0. The van der Waals surface area contributed by atoms with Crippen molar-refractivity contribution in [3.05, 3.63) is 24.3 Å². The van der Waals surface area contributed by atoms with Crippen LogP contribution in [0.25, 0.3) is 0 Å². The summed E-state index contributed by atoms with van der Waals surface area (Å²) in [4.78, 5) is 2.31. The van der Waals surface area contributed by atoms with E-state index >= 15 is 0 Å². The topological polar surface area (TPSA) is 41.9 Å². The second-order valence-corrected chi connectivity index (χ2v) is 4.97. The minimum absolute atomic E-state index is 0.0621. The number of likely N-dealkylation sites (tertiary alicyclic amines) is 1. The number of hydrogen-bond donors (Lipinski definition) is 1. The predicted molar refractivity (Wildman–Crippen MR) is 68.0 cm³/mol. The molecule has 2 aliphatic rings.